The topological polar surface area (TPSA) is 113 Å². The van der Waals surface area contributed by atoms with Crippen LogP contribution in [-0.2, 0) is 16.0 Å². The van der Waals surface area contributed by atoms with Gasteiger partial charge in [-0.1, -0.05) is 30.3 Å². The van der Waals surface area contributed by atoms with Crippen molar-refractivity contribution in [3.05, 3.63) is 35.9 Å². The number of nitrogens with zero attached hydrogens (tertiary/aromatic N) is 1. The van der Waals surface area contributed by atoms with Gasteiger partial charge in [-0.15, -0.1) is 0 Å². The highest BCUT2D eigenvalue weighted by Crippen LogP contribution is 2.35. The van der Waals surface area contributed by atoms with E-state index in [1.54, 1.807) is 0 Å². The van der Waals surface area contributed by atoms with Crippen molar-refractivity contribution in [3.63, 3.8) is 0 Å². The van der Waals surface area contributed by atoms with Gasteiger partial charge in [0.2, 0.25) is 5.91 Å². The van der Waals surface area contributed by atoms with Crippen LogP contribution in [0.1, 0.15) is 24.8 Å². The van der Waals surface area contributed by atoms with Crippen molar-refractivity contribution in [1.29, 1.82) is 0 Å². The number of carboxylic acid groups (broad SMARTS) is 1. The number of nitrogens with one attached hydrogen (secondary N) is 1. The number of carboxylic acids is 1. The van der Waals surface area contributed by atoms with E-state index in [9.17, 15) is 14.4 Å². The van der Waals surface area contributed by atoms with Gasteiger partial charge in [0.15, 0.2) is 0 Å². The van der Waals surface area contributed by atoms with E-state index in [2.05, 4.69) is 5.32 Å². The lowest BCUT2D eigenvalue weighted by molar-refractivity contribution is -0.140. The average molecular weight is 319 g/mol. The molecule has 1 aliphatic carbocycles. The van der Waals surface area contributed by atoms with E-state index < -0.39 is 23.4 Å². The Balaban J connectivity index is 1.96. The molecular weight excluding hydrogens is 298 g/mol. The molecule has 124 valence electrons. The quantitative estimate of drug-likeness (QED) is 0.655. The number of primary amides is 1. The van der Waals surface area contributed by atoms with E-state index in [-0.39, 0.29) is 13.0 Å². The molecule has 1 fully saturated rings. The van der Waals surface area contributed by atoms with Gasteiger partial charge in [0, 0.05) is 19.5 Å². The summed E-state index contributed by atoms with van der Waals surface area (Å²) in [5, 5.41) is 11.7. The number of hydrogen-bond acceptors (Lipinski definition) is 3. The summed E-state index contributed by atoms with van der Waals surface area (Å²) in [6.07, 6.45) is 1.52. The van der Waals surface area contributed by atoms with Crippen LogP contribution in [0, 0.1) is 0 Å². The molecule has 7 nitrogen and oxygen atoms in total. The number of urea groups is 1. The fraction of sp³-hybridized carbons (Fsp3) is 0.438. The van der Waals surface area contributed by atoms with Crippen molar-refractivity contribution < 1.29 is 19.5 Å². The highest BCUT2D eigenvalue weighted by Gasteiger charge is 2.52. The molecule has 1 saturated carbocycles. The van der Waals surface area contributed by atoms with Crippen LogP contribution in [0.4, 0.5) is 4.79 Å². The number of aliphatic carboxylic acids is 1. The van der Waals surface area contributed by atoms with Crippen LogP contribution >= 0.6 is 0 Å². The molecule has 0 radical (unpaired) electrons. The van der Waals surface area contributed by atoms with Crippen LogP contribution in [0.2, 0.25) is 0 Å². The van der Waals surface area contributed by atoms with Crippen LogP contribution < -0.4 is 11.1 Å². The summed E-state index contributed by atoms with van der Waals surface area (Å²) in [4.78, 5) is 35.9. The second kappa shape index (κ2) is 7.13. The zero-order valence-electron chi connectivity index (χ0n) is 12.8. The van der Waals surface area contributed by atoms with Gasteiger partial charge >= 0.3 is 12.0 Å². The summed E-state index contributed by atoms with van der Waals surface area (Å²) in [6.45, 7) is 0.558. The van der Waals surface area contributed by atoms with Crippen LogP contribution in [0.25, 0.3) is 0 Å². The number of rotatable bonds is 8. The van der Waals surface area contributed by atoms with E-state index in [1.807, 2.05) is 30.3 Å². The molecule has 0 bridgehead atoms. The molecule has 3 amide bonds. The molecule has 1 aromatic rings. The Morgan fingerprint density at radius 1 is 1.17 bits per heavy atom. The van der Waals surface area contributed by atoms with Gasteiger partial charge in [0.05, 0.1) is 0 Å². The molecule has 0 aliphatic heterocycles. The third-order valence-electron chi connectivity index (χ3n) is 3.93. The van der Waals surface area contributed by atoms with Gasteiger partial charge in [-0.2, -0.15) is 0 Å². The van der Waals surface area contributed by atoms with Crippen LogP contribution in [0.3, 0.4) is 0 Å². The van der Waals surface area contributed by atoms with Crippen molar-refractivity contribution in [2.24, 2.45) is 5.73 Å². The number of benzene rings is 1. The summed E-state index contributed by atoms with van der Waals surface area (Å²) in [7, 11) is 0. The molecule has 1 aromatic carbocycles. The summed E-state index contributed by atoms with van der Waals surface area (Å²) < 4.78 is 0. The average Bonchev–Trinajstić information content (AvgIpc) is 3.29. The molecule has 0 unspecified atom stereocenters. The molecule has 1 aliphatic rings. The molecule has 23 heavy (non-hydrogen) atoms. The highest BCUT2D eigenvalue weighted by molar-refractivity contribution is 5.89. The molecule has 7 heteroatoms. The predicted octanol–water partition coefficient (Wildman–Crippen LogP) is 0.733. The van der Waals surface area contributed by atoms with Gasteiger partial charge in [-0.25, -0.2) is 9.59 Å². The van der Waals surface area contributed by atoms with Crippen molar-refractivity contribution >= 4 is 17.9 Å². The summed E-state index contributed by atoms with van der Waals surface area (Å²) in [6, 6.07) is 9.15. The second-order valence-electron chi connectivity index (χ2n) is 5.76. The lowest BCUT2D eigenvalue weighted by Gasteiger charge is -2.25. The van der Waals surface area contributed by atoms with Gasteiger partial charge in [0.25, 0.3) is 0 Å². The predicted molar refractivity (Wildman–Crippen MR) is 83.7 cm³/mol. The molecule has 0 atom stereocenters. The van der Waals surface area contributed by atoms with Crippen molar-refractivity contribution in [1.82, 2.24) is 10.2 Å². The second-order valence-corrected chi connectivity index (χ2v) is 5.76. The zero-order valence-corrected chi connectivity index (χ0v) is 12.8. The summed E-state index contributed by atoms with van der Waals surface area (Å²) in [5.41, 5.74) is 5.06. The van der Waals surface area contributed by atoms with Crippen molar-refractivity contribution in [3.8, 4) is 0 Å². The first kappa shape index (κ1) is 16.8. The van der Waals surface area contributed by atoms with Crippen LogP contribution in [0.5, 0.6) is 0 Å². The first-order valence-electron chi connectivity index (χ1n) is 7.56. The molecule has 2 rings (SSSR count). The van der Waals surface area contributed by atoms with E-state index in [1.165, 1.54) is 4.90 Å². The van der Waals surface area contributed by atoms with E-state index in [0.717, 1.165) is 5.56 Å². The maximum absolute atomic E-state index is 12.3. The summed E-state index contributed by atoms with van der Waals surface area (Å²) >= 11 is 0. The first-order chi connectivity index (χ1) is 10.9. The van der Waals surface area contributed by atoms with E-state index >= 15 is 0 Å². The number of nitrogens with two attached hydrogens (primary N) is 1. The normalized spacial score (nSPS) is 14.8. The van der Waals surface area contributed by atoms with Crippen LogP contribution in [0.15, 0.2) is 30.3 Å². The standard InChI is InChI=1S/C16H21N3O4/c17-13(20)7-11-19(10-6-12-4-2-1-3-5-12)15(23)18-16(8-9-16)14(21)22/h1-5H,6-11H2,(H2,17,20)(H,18,23)(H,21,22). The van der Waals surface area contributed by atoms with Gasteiger partial charge < -0.3 is 21.1 Å². The van der Waals surface area contributed by atoms with E-state index in [0.29, 0.717) is 25.8 Å². The van der Waals surface area contributed by atoms with Crippen LogP contribution in [-0.4, -0.2) is 46.5 Å². The Labute approximate surface area is 134 Å². The SMILES string of the molecule is NC(=O)CCN(CCc1ccccc1)C(=O)NC1(C(=O)O)CC1. The summed E-state index contributed by atoms with van der Waals surface area (Å²) in [5.74, 6) is -1.52. The fourth-order valence-corrected chi connectivity index (χ4v) is 2.27. The van der Waals surface area contributed by atoms with Gasteiger partial charge in [-0.05, 0) is 24.8 Å². The first-order valence-corrected chi connectivity index (χ1v) is 7.56. The number of carbonyl (C=O) groups excluding carboxylic acids is 2. The minimum atomic E-state index is -1.14. The van der Waals surface area contributed by atoms with Crippen molar-refractivity contribution in [2.45, 2.75) is 31.2 Å². The molecule has 0 spiro atoms. The largest absolute Gasteiger partial charge is 0.480 e. The van der Waals surface area contributed by atoms with Crippen molar-refractivity contribution in [2.75, 3.05) is 13.1 Å². The molecular formula is C16H21N3O4. The minimum absolute atomic E-state index is 0.0439. The Morgan fingerprint density at radius 3 is 2.35 bits per heavy atom. The Morgan fingerprint density at radius 2 is 1.83 bits per heavy atom. The van der Waals surface area contributed by atoms with E-state index in [4.69, 9.17) is 10.8 Å². The molecule has 0 aromatic heterocycles. The smallest absolute Gasteiger partial charge is 0.329 e. The Bertz CT molecular complexity index is 584. The number of hydrogen-bond donors (Lipinski definition) is 3. The molecule has 0 saturated heterocycles. The maximum atomic E-state index is 12.3. The minimum Gasteiger partial charge on any atom is -0.480 e. The fourth-order valence-electron chi connectivity index (χ4n) is 2.27. The number of amides is 3. The maximum Gasteiger partial charge on any atom is 0.329 e. The lowest BCUT2D eigenvalue weighted by atomic mass is 10.1. The highest BCUT2D eigenvalue weighted by atomic mass is 16.4. The monoisotopic (exact) mass is 319 g/mol. The van der Waals surface area contributed by atoms with Gasteiger partial charge in [0.1, 0.15) is 5.54 Å². The number of carbonyl (C=O) groups is 3. The third-order valence-corrected chi connectivity index (χ3v) is 3.93. The zero-order chi connectivity index (χ0) is 16.9. The third kappa shape index (κ3) is 4.70. The van der Waals surface area contributed by atoms with Gasteiger partial charge in [-0.3, -0.25) is 4.79 Å². The molecule has 0 heterocycles. The molecule has 4 N–H and O–H groups in total. The Kier molecular flexibility index (Phi) is 5.20. The lowest BCUT2D eigenvalue weighted by Crippen LogP contribution is -2.50. The Hall–Kier alpha value is -2.57.